The van der Waals surface area contributed by atoms with E-state index in [4.69, 9.17) is 14.2 Å². The summed E-state index contributed by atoms with van der Waals surface area (Å²) < 4.78 is 45.6. The Labute approximate surface area is 195 Å². The van der Waals surface area contributed by atoms with E-state index in [1.54, 1.807) is 30.3 Å². The molecule has 0 saturated heterocycles. The van der Waals surface area contributed by atoms with Crippen molar-refractivity contribution >= 4 is 31.6 Å². The van der Waals surface area contributed by atoms with Crippen LogP contribution in [0.15, 0.2) is 76.1 Å². The highest BCUT2D eigenvalue weighted by Gasteiger charge is 2.16. The van der Waals surface area contributed by atoms with Gasteiger partial charge in [0.15, 0.2) is 11.5 Å². The average molecular weight is 519 g/mol. The van der Waals surface area contributed by atoms with Gasteiger partial charge in [0.2, 0.25) is 5.75 Å². The summed E-state index contributed by atoms with van der Waals surface area (Å²) in [5.41, 5.74) is 1.46. The Bertz CT molecular complexity index is 1170. The minimum Gasteiger partial charge on any atom is -0.488 e. The summed E-state index contributed by atoms with van der Waals surface area (Å²) in [6.45, 7) is 2.68. The Morgan fingerprint density at radius 1 is 0.969 bits per heavy atom. The molecule has 0 atom stereocenters. The van der Waals surface area contributed by atoms with Gasteiger partial charge in [-0.3, -0.25) is 4.72 Å². The number of para-hydroxylation sites is 1. The van der Waals surface area contributed by atoms with Crippen LogP contribution in [0.2, 0.25) is 0 Å². The van der Waals surface area contributed by atoms with E-state index >= 15 is 0 Å². The van der Waals surface area contributed by atoms with E-state index in [0.29, 0.717) is 55.8 Å². The highest BCUT2D eigenvalue weighted by molar-refractivity contribution is 9.10. The predicted octanol–water partition coefficient (Wildman–Crippen LogP) is 4.19. The van der Waals surface area contributed by atoms with Crippen molar-refractivity contribution in [2.45, 2.75) is 11.4 Å². The normalized spacial score (nSPS) is 12.9. The van der Waals surface area contributed by atoms with E-state index < -0.39 is 10.0 Å². The first kappa shape index (κ1) is 22.4. The molecule has 0 aliphatic carbocycles. The number of hydrogen-bond donors (Lipinski definition) is 2. The highest BCUT2D eigenvalue weighted by atomic mass is 79.9. The number of benzene rings is 3. The van der Waals surface area contributed by atoms with Crippen molar-refractivity contribution in [2.24, 2.45) is 0 Å². The topological polar surface area (TPSA) is 85.9 Å². The molecule has 0 spiro atoms. The van der Waals surface area contributed by atoms with Crippen LogP contribution in [0.5, 0.6) is 17.2 Å². The molecule has 32 heavy (non-hydrogen) atoms. The quantitative estimate of drug-likeness (QED) is 0.413. The Morgan fingerprint density at radius 3 is 2.59 bits per heavy atom. The molecule has 1 aliphatic rings. The third-order valence-corrected chi connectivity index (χ3v) is 6.62. The molecule has 4 rings (SSSR count). The molecule has 0 saturated carbocycles. The standard InChI is InChI=1S/C23H23BrN2O5S/c24-18-7-9-20(10-8-18)32(27,28)26-19-4-1-3-17(15-19)16-25-11-12-29-21-5-2-6-22-23(21)31-14-13-30-22/h1-10,15,25-26H,11-14,16H2. The summed E-state index contributed by atoms with van der Waals surface area (Å²) in [6, 6.07) is 19.4. The maximum absolute atomic E-state index is 12.6. The van der Waals surface area contributed by atoms with Gasteiger partial charge in [-0.25, -0.2) is 8.42 Å². The number of anilines is 1. The number of hydrogen-bond acceptors (Lipinski definition) is 6. The third-order valence-electron chi connectivity index (χ3n) is 4.70. The van der Waals surface area contributed by atoms with Crippen LogP contribution in [-0.2, 0) is 16.6 Å². The maximum Gasteiger partial charge on any atom is 0.261 e. The van der Waals surface area contributed by atoms with Crippen molar-refractivity contribution in [3.8, 4) is 17.2 Å². The minimum atomic E-state index is -3.65. The lowest BCUT2D eigenvalue weighted by atomic mass is 10.2. The first-order valence-electron chi connectivity index (χ1n) is 10.1. The number of fused-ring (bicyclic) bond motifs is 1. The van der Waals surface area contributed by atoms with Crippen LogP contribution in [0.25, 0.3) is 0 Å². The molecule has 0 aromatic heterocycles. The molecule has 7 nitrogen and oxygen atoms in total. The Balaban J connectivity index is 1.28. The fourth-order valence-electron chi connectivity index (χ4n) is 3.20. The zero-order valence-electron chi connectivity index (χ0n) is 17.2. The molecule has 9 heteroatoms. The van der Waals surface area contributed by atoms with Crippen LogP contribution in [0, 0.1) is 0 Å². The fraction of sp³-hybridized carbons (Fsp3) is 0.217. The molecule has 3 aromatic rings. The zero-order valence-corrected chi connectivity index (χ0v) is 19.6. The van der Waals surface area contributed by atoms with Crippen LogP contribution in [0.1, 0.15) is 5.56 Å². The smallest absolute Gasteiger partial charge is 0.261 e. The van der Waals surface area contributed by atoms with Gasteiger partial charge in [-0.05, 0) is 54.1 Å². The van der Waals surface area contributed by atoms with Crippen molar-refractivity contribution in [2.75, 3.05) is 31.1 Å². The van der Waals surface area contributed by atoms with Gasteiger partial charge in [0, 0.05) is 23.2 Å². The van der Waals surface area contributed by atoms with E-state index in [2.05, 4.69) is 26.0 Å². The van der Waals surface area contributed by atoms with E-state index in [0.717, 1.165) is 10.0 Å². The molecule has 1 heterocycles. The molecular formula is C23H23BrN2O5S. The first-order valence-corrected chi connectivity index (χ1v) is 12.4. The second-order valence-electron chi connectivity index (χ2n) is 7.07. The Morgan fingerprint density at radius 2 is 1.75 bits per heavy atom. The molecular weight excluding hydrogens is 496 g/mol. The number of rotatable bonds is 9. The predicted molar refractivity (Wildman–Crippen MR) is 126 cm³/mol. The second-order valence-corrected chi connectivity index (χ2v) is 9.66. The lowest BCUT2D eigenvalue weighted by molar-refractivity contribution is 0.162. The van der Waals surface area contributed by atoms with Crippen LogP contribution >= 0.6 is 15.9 Å². The summed E-state index contributed by atoms with van der Waals surface area (Å²) in [6.07, 6.45) is 0. The highest BCUT2D eigenvalue weighted by Crippen LogP contribution is 2.38. The molecule has 0 unspecified atom stereocenters. The van der Waals surface area contributed by atoms with Gasteiger partial charge in [-0.2, -0.15) is 0 Å². The van der Waals surface area contributed by atoms with Crippen LogP contribution in [-0.4, -0.2) is 34.8 Å². The van der Waals surface area contributed by atoms with Crippen LogP contribution in [0.4, 0.5) is 5.69 Å². The number of nitrogens with one attached hydrogen (secondary N) is 2. The summed E-state index contributed by atoms with van der Waals surface area (Å²) >= 11 is 3.31. The molecule has 0 fully saturated rings. The van der Waals surface area contributed by atoms with Crippen molar-refractivity contribution in [3.63, 3.8) is 0 Å². The van der Waals surface area contributed by atoms with Crippen molar-refractivity contribution in [1.29, 1.82) is 0 Å². The molecule has 3 aromatic carbocycles. The Kier molecular flexibility index (Phi) is 7.19. The van der Waals surface area contributed by atoms with Gasteiger partial charge in [0.1, 0.15) is 19.8 Å². The molecule has 2 N–H and O–H groups in total. The largest absolute Gasteiger partial charge is 0.488 e. The number of halogens is 1. The van der Waals surface area contributed by atoms with Crippen LogP contribution in [0.3, 0.4) is 0 Å². The van der Waals surface area contributed by atoms with Crippen molar-refractivity contribution < 1.29 is 22.6 Å². The molecule has 168 valence electrons. The van der Waals surface area contributed by atoms with Crippen molar-refractivity contribution in [3.05, 3.63) is 76.8 Å². The second kappa shape index (κ2) is 10.2. The maximum atomic E-state index is 12.6. The van der Waals surface area contributed by atoms with Gasteiger partial charge in [-0.15, -0.1) is 0 Å². The van der Waals surface area contributed by atoms with E-state index in [1.165, 1.54) is 0 Å². The molecule has 0 bridgehead atoms. The van der Waals surface area contributed by atoms with E-state index in [1.807, 2.05) is 36.4 Å². The molecule has 0 amide bonds. The zero-order chi connectivity index (χ0) is 22.4. The monoisotopic (exact) mass is 518 g/mol. The Hall–Kier alpha value is -2.75. The summed E-state index contributed by atoms with van der Waals surface area (Å²) in [5.74, 6) is 2.00. The number of ether oxygens (including phenoxy) is 3. The number of sulfonamides is 1. The van der Waals surface area contributed by atoms with Gasteiger partial charge in [-0.1, -0.05) is 34.1 Å². The SMILES string of the molecule is O=S(=O)(Nc1cccc(CNCCOc2cccc3c2OCCO3)c1)c1ccc(Br)cc1. The summed E-state index contributed by atoms with van der Waals surface area (Å²) in [5, 5.41) is 3.30. The molecule has 0 radical (unpaired) electrons. The van der Waals surface area contributed by atoms with Gasteiger partial charge in [0.05, 0.1) is 4.90 Å². The van der Waals surface area contributed by atoms with Gasteiger partial charge in [0.25, 0.3) is 10.0 Å². The van der Waals surface area contributed by atoms with Crippen molar-refractivity contribution in [1.82, 2.24) is 5.32 Å². The van der Waals surface area contributed by atoms with Gasteiger partial charge < -0.3 is 19.5 Å². The first-order chi connectivity index (χ1) is 15.5. The van der Waals surface area contributed by atoms with Crippen LogP contribution < -0.4 is 24.2 Å². The summed E-state index contributed by atoms with van der Waals surface area (Å²) in [4.78, 5) is 0.207. The minimum absolute atomic E-state index is 0.207. The summed E-state index contributed by atoms with van der Waals surface area (Å²) in [7, 11) is -3.65. The van der Waals surface area contributed by atoms with E-state index in [9.17, 15) is 8.42 Å². The molecule has 1 aliphatic heterocycles. The van der Waals surface area contributed by atoms with E-state index in [-0.39, 0.29) is 4.90 Å². The average Bonchev–Trinajstić information content (AvgIpc) is 2.79. The lowest BCUT2D eigenvalue weighted by Crippen LogP contribution is -2.21. The lowest BCUT2D eigenvalue weighted by Gasteiger charge is -2.20. The fourth-order valence-corrected chi connectivity index (χ4v) is 4.51. The third kappa shape index (κ3) is 5.73. The van der Waals surface area contributed by atoms with Gasteiger partial charge >= 0.3 is 0 Å².